The van der Waals surface area contributed by atoms with Gasteiger partial charge in [-0.1, -0.05) is 40.9 Å². The fourth-order valence-corrected chi connectivity index (χ4v) is 1.96. The van der Waals surface area contributed by atoms with E-state index >= 15 is 0 Å². The van der Waals surface area contributed by atoms with Crippen LogP contribution in [0.25, 0.3) is 0 Å². The molecule has 2 N–H and O–H groups in total. The highest BCUT2D eigenvalue weighted by molar-refractivity contribution is 6.37. The molecule has 0 aliphatic heterocycles. The number of halogens is 3. The van der Waals surface area contributed by atoms with Gasteiger partial charge in [0, 0.05) is 5.02 Å². The van der Waals surface area contributed by atoms with E-state index < -0.39 is 0 Å². The molecule has 0 saturated heterocycles. The summed E-state index contributed by atoms with van der Waals surface area (Å²) in [5.41, 5.74) is 6.20. The van der Waals surface area contributed by atoms with Crippen LogP contribution >= 0.6 is 34.8 Å². The molecule has 0 amide bonds. The minimum absolute atomic E-state index is 0.379. The van der Waals surface area contributed by atoms with Crippen molar-refractivity contribution < 1.29 is 4.74 Å². The third-order valence-corrected chi connectivity index (χ3v) is 2.93. The van der Waals surface area contributed by atoms with Gasteiger partial charge in [-0.2, -0.15) is 0 Å². The maximum absolute atomic E-state index is 5.99. The summed E-state index contributed by atoms with van der Waals surface area (Å²) in [6.07, 6.45) is 0. The monoisotopic (exact) mass is 287 g/mol. The van der Waals surface area contributed by atoms with Crippen molar-refractivity contribution in [3.05, 3.63) is 51.5 Å². The second-order valence-electron chi connectivity index (χ2n) is 3.33. The fourth-order valence-electron chi connectivity index (χ4n) is 1.30. The summed E-state index contributed by atoms with van der Waals surface area (Å²) in [5.74, 6) is 0.842. The van der Waals surface area contributed by atoms with E-state index in [0.717, 1.165) is 0 Å². The number of hydrogen-bond acceptors (Lipinski definition) is 2. The zero-order chi connectivity index (χ0) is 12.4. The lowest BCUT2D eigenvalue weighted by Gasteiger charge is -2.11. The lowest BCUT2D eigenvalue weighted by Crippen LogP contribution is -1.92. The first-order chi connectivity index (χ1) is 8.08. The Morgan fingerprint density at radius 1 is 0.941 bits per heavy atom. The van der Waals surface area contributed by atoms with Crippen LogP contribution < -0.4 is 10.5 Å². The lowest BCUT2D eigenvalue weighted by molar-refractivity contribution is 0.485. The van der Waals surface area contributed by atoms with Crippen molar-refractivity contribution in [1.29, 1.82) is 0 Å². The molecule has 0 aromatic heterocycles. The van der Waals surface area contributed by atoms with Gasteiger partial charge >= 0.3 is 0 Å². The number of anilines is 1. The Labute approximate surface area is 114 Å². The predicted molar refractivity (Wildman–Crippen MR) is 72.4 cm³/mol. The molecule has 17 heavy (non-hydrogen) atoms. The van der Waals surface area contributed by atoms with Crippen LogP contribution in [0.4, 0.5) is 5.69 Å². The summed E-state index contributed by atoms with van der Waals surface area (Å²) < 4.78 is 5.58. The third kappa shape index (κ3) is 2.78. The maximum atomic E-state index is 5.99. The molecule has 0 radical (unpaired) electrons. The van der Waals surface area contributed by atoms with Crippen molar-refractivity contribution in [3.63, 3.8) is 0 Å². The van der Waals surface area contributed by atoms with Gasteiger partial charge in [-0.25, -0.2) is 0 Å². The van der Waals surface area contributed by atoms with Crippen LogP contribution in [-0.4, -0.2) is 0 Å². The Balaban J connectivity index is 2.38. The van der Waals surface area contributed by atoms with E-state index in [1.165, 1.54) is 0 Å². The van der Waals surface area contributed by atoms with E-state index in [2.05, 4.69) is 0 Å². The molecule has 0 fully saturated rings. The highest BCUT2D eigenvalue weighted by Gasteiger charge is 2.10. The molecule has 0 aliphatic carbocycles. The van der Waals surface area contributed by atoms with Gasteiger partial charge < -0.3 is 10.5 Å². The zero-order valence-corrected chi connectivity index (χ0v) is 10.9. The predicted octanol–water partition coefficient (Wildman–Crippen LogP) is 5.02. The molecular formula is C12H8Cl3NO. The highest BCUT2D eigenvalue weighted by atomic mass is 35.5. The van der Waals surface area contributed by atoms with Gasteiger partial charge in [-0.05, 0) is 30.3 Å². The van der Waals surface area contributed by atoms with Gasteiger partial charge in [-0.3, -0.25) is 0 Å². The van der Waals surface area contributed by atoms with Crippen molar-refractivity contribution >= 4 is 40.5 Å². The van der Waals surface area contributed by atoms with Crippen LogP contribution in [0, 0.1) is 0 Å². The molecule has 5 heteroatoms. The number of ether oxygens (including phenoxy) is 1. The Kier molecular flexibility index (Phi) is 3.67. The molecule has 2 nitrogen and oxygen atoms in total. The van der Waals surface area contributed by atoms with E-state index in [1.807, 2.05) is 0 Å². The number of nitrogen functional groups attached to an aromatic ring is 1. The topological polar surface area (TPSA) is 35.2 Å². The molecule has 0 aliphatic rings. The third-order valence-electron chi connectivity index (χ3n) is 2.10. The number of para-hydroxylation sites is 1. The minimum Gasteiger partial charge on any atom is -0.452 e. The van der Waals surface area contributed by atoms with Crippen LogP contribution in [0.1, 0.15) is 0 Å². The molecule has 0 spiro atoms. The Morgan fingerprint density at radius 2 is 1.59 bits per heavy atom. The first-order valence-corrected chi connectivity index (χ1v) is 5.88. The summed E-state index contributed by atoms with van der Waals surface area (Å²) >= 11 is 17.8. The van der Waals surface area contributed by atoms with Crippen molar-refractivity contribution in [2.24, 2.45) is 0 Å². The summed E-state index contributed by atoms with van der Waals surface area (Å²) in [5, 5.41) is 1.39. The summed E-state index contributed by atoms with van der Waals surface area (Å²) in [4.78, 5) is 0. The molecule has 2 rings (SSSR count). The zero-order valence-electron chi connectivity index (χ0n) is 8.58. The summed E-state index contributed by atoms with van der Waals surface area (Å²) in [6.45, 7) is 0. The van der Waals surface area contributed by atoms with E-state index in [1.54, 1.807) is 36.4 Å². The first-order valence-electron chi connectivity index (χ1n) is 4.75. The van der Waals surface area contributed by atoms with Crippen LogP contribution in [0.5, 0.6) is 11.5 Å². The number of rotatable bonds is 2. The van der Waals surface area contributed by atoms with Crippen molar-refractivity contribution in [2.45, 2.75) is 0 Å². The Morgan fingerprint density at radius 3 is 2.18 bits per heavy atom. The maximum Gasteiger partial charge on any atom is 0.164 e. The average molecular weight is 289 g/mol. The van der Waals surface area contributed by atoms with E-state index in [4.69, 9.17) is 45.3 Å². The largest absolute Gasteiger partial charge is 0.452 e. The number of benzene rings is 2. The molecule has 2 aromatic carbocycles. The van der Waals surface area contributed by atoms with E-state index in [0.29, 0.717) is 32.3 Å². The molecule has 0 saturated carbocycles. The van der Waals surface area contributed by atoms with Crippen LogP contribution in [0.3, 0.4) is 0 Å². The van der Waals surface area contributed by atoms with Gasteiger partial charge in [-0.15, -0.1) is 0 Å². The Bertz CT molecular complexity index is 537. The standard InChI is InChI=1S/C12H8Cl3NO/c13-7-4-5-11(10(16)6-7)17-12-8(14)2-1-3-9(12)15/h1-6H,16H2. The van der Waals surface area contributed by atoms with Crippen LogP contribution in [0.15, 0.2) is 36.4 Å². The van der Waals surface area contributed by atoms with E-state index in [9.17, 15) is 0 Å². The van der Waals surface area contributed by atoms with Crippen molar-refractivity contribution in [1.82, 2.24) is 0 Å². The summed E-state index contributed by atoms with van der Waals surface area (Å²) in [7, 11) is 0. The van der Waals surface area contributed by atoms with Crippen LogP contribution in [0.2, 0.25) is 15.1 Å². The number of hydrogen-bond donors (Lipinski definition) is 1. The molecule has 88 valence electrons. The van der Waals surface area contributed by atoms with Gasteiger partial charge in [0.05, 0.1) is 15.7 Å². The van der Waals surface area contributed by atoms with Gasteiger partial charge in [0.1, 0.15) is 0 Å². The van der Waals surface area contributed by atoms with Gasteiger partial charge in [0.25, 0.3) is 0 Å². The second kappa shape index (κ2) is 5.05. The Hall–Kier alpha value is -1.09. The van der Waals surface area contributed by atoms with Crippen molar-refractivity contribution in [2.75, 3.05) is 5.73 Å². The molecule has 0 unspecified atom stereocenters. The normalized spacial score (nSPS) is 10.3. The lowest BCUT2D eigenvalue weighted by atomic mass is 10.3. The SMILES string of the molecule is Nc1cc(Cl)ccc1Oc1c(Cl)cccc1Cl. The van der Waals surface area contributed by atoms with Gasteiger partial charge in [0.2, 0.25) is 0 Å². The smallest absolute Gasteiger partial charge is 0.164 e. The van der Waals surface area contributed by atoms with Gasteiger partial charge in [0.15, 0.2) is 11.5 Å². The first kappa shape index (κ1) is 12.4. The van der Waals surface area contributed by atoms with E-state index in [-0.39, 0.29) is 0 Å². The summed E-state index contributed by atoms with van der Waals surface area (Å²) in [6, 6.07) is 10.1. The minimum atomic E-state index is 0.379. The highest BCUT2D eigenvalue weighted by Crippen LogP contribution is 2.38. The molecule has 0 bridgehead atoms. The molecule has 0 heterocycles. The van der Waals surface area contributed by atoms with Crippen LogP contribution in [-0.2, 0) is 0 Å². The molecule has 0 atom stereocenters. The number of nitrogens with two attached hydrogens (primary N) is 1. The quantitative estimate of drug-likeness (QED) is 0.787. The second-order valence-corrected chi connectivity index (χ2v) is 4.59. The fraction of sp³-hybridized carbons (Fsp3) is 0. The van der Waals surface area contributed by atoms with Crippen molar-refractivity contribution in [3.8, 4) is 11.5 Å². The average Bonchev–Trinajstić information content (AvgIpc) is 2.26. The molecule has 2 aromatic rings. The molecular weight excluding hydrogens is 280 g/mol.